The Kier molecular flexibility index (Phi) is 4.01. The van der Waals surface area contributed by atoms with E-state index in [-0.39, 0.29) is 0 Å². The first-order chi connectivity index (χ1) is 11.3. The van der Waals surface area contributed by atoms with Crippen LogP contribution in [0.2, 0.25) is 0 Å². The lowest BCUT2D eigenvalue weighted by Gasteiger charge is -2.32. The van der Waals surface area contributed by atoms with Crippen molar-refractivity contribution < 1.29 is 0 Å². The molecule has 0 saturated heterocycles. The summed E-state index contributed by atoms with van der Waals surface area (Å²) < 4.78 is 2.52. The number of aromatic nitrogens is 1. The molecular formula is C18H15BrN2SSi. The van der Waals surface area contributed by atoms with Gasteiger partial charge in [-0.05, 0) is 29.5 Å². The zero-order valence-corrected chi connectivity index (χ0v) is 15.8. The molecule has 2 aromatic carbocycles. The normalized spacial score (nSPS) is 19.6. The van der Waals surface area contributed by atoms with E-state index in [1.807, 2.05) is 23.5 Å². The van der Waals surface area contributed by atoms with Crippen LogP contribution < -0.4 is 9.75 Å². The highest BCUT2D eigenvalue weighted by Crippen LogP contribution is 2.50. The highest BCUT2D eigenvalue weighted by atomic mass is 79.9. The minimum Gasteiger partial charge on any atom is -0.371 e. The second-order valence-corrected chi connectivity index (χ2v) is 15.7. The molecule has 0 fully saturated rings. The summed E-state index contributed by atoms with van der Waals surface area (Å²) in [5.74, 6) is 0. The summed E-state index contributed by atoms with van der Waals surface area (Å²) in [4.78, 5) is 5.87. The Hall–Kier alpha value is -1.56. The van der Waals surface area contributed by atoms with Crippen LogP contribution in [0, 0.1) is 0 Å². The van der Waals surface area contributed by atoms with Crippen LogP contribution >= 0.6 is 26.5 Å². The van der Waals surface area contributed by atoms with Crippen LogP contribution in [0.4, 0.5) is 5.69 Å². The third-order valence-corrected chi connectivity index (χ3v) is 13.9. The summed E-state index contributed by atoms with van der Waals surface area (Å²) in [6.45, 7) is 0.817. The molecule has 0 N–H and O–H groups in total. The van der Waals surface area contributed by atoms with Gasteiger partial charge in [-0.15, -0.1) is 11.2 Å². The monoisotopic (exact) mass is 398 g/mol. The van der Waals surface area contributed by atoms with Crippen molar-refractivity contribution in [2.75, 3.05) is 4.57 Å². The van der Waals surface area contributed by atoms with Crippen LogP contribution in [-0.4, -0.2) is 11.0 Å². The largest absolute Gasteiger partial charge is 0.371 e. The first-order valence-corrected chi connectivity index (χ1v) is 13.2. The van der Waals surface area contributed by atoms with Crippen LogP contribution in [0.15, 0.2) is 83.9 Å². The number of nitrogens with zero attached hydrogens (tertiary/aromatic N) is 2. The fraction of sp³-hybridized carbons (Fsp3) is 0.0556. The average molecular weight is 399 g/mol. The summed E-state index contributed by atoms with van der Waals surface area (Å²) in [6, 6.07) is 23.5. The zero-order chi connectivity index (χ0) is 15.7. The molecule has 114 valence electrons. The van der Waals surface area contributed by atoms with Crippen LogP contribution in [0.3, 0.4) is 0 Å². The number of hydrogen-bond acceptors (Lipinski definition) is 3. The molecule has 23 heavy (non-hydrogen) atoms. The first kappa shape index (κ1) is 15.0. The molecule has 0 bridgehead atoms. The van der Waals surface area contributed by atoms with Gasteiger partial charge in [0.2, 0.25) is 0 Å². The molecule has 0 amide bonds. The van der Waals surface area contributed by atoms with Gasteiger partial charge in [0.15, 0.2) is 0 Å². The molecular weight excluding hydrogens is 384 g/mol. The maximum atomic E-state index is 4.52. The van der Waals surface area contributed by atoms with E-state index in [1.54, 1.807) is 0 Å². The second kappa shape index (κ2) is 6.15. The number of halogens is 1. The van der Waals surface area contributed by atoms with E-state index < -0.39 is 6.00 Å². The third-order valence-electron chi connectivity index (χ3n) is 3.92. The van der Waals surface area contributed by atoms with Crippen molar-refractivity contribution in [3.63, 3.8) is 0 Å². The summed E-state index contributed by atoms with van der Waals surface area (Å²) in [7, 11) is 0. The smallest absolute Gasteiger partial charge is 0.329 e. The summed E-state index contributed by atoms with van der Waals surface area (Å²) in [5, 5.41) is 1.37. The molecule has 3 aromatic rings. The van der Waals surface area contributed by atoms with E-state index in [0.717, 1.165) is 12.2 Å². The molecule has 1 aromatic heterocycles. The van der Waals surface area contributed by atoms with Crippen molar-refractivity contribution in [3.8, 4) is 0 Å². The number of benzene rings is 2. The van der Waals surface area contributed by atoms with Crippen molar-refractivity contribution in [3.05, 3.63) is 84.7 Å². The number of anilines is 1. The van der Waals surface area contributed by atoms with Gasteiger partial charge in [-0.25, -0.2) is 0 Å². The van der Waals surface area contributed by atoms with Crippen LogP contribution in [0.5, 0.6) is 0 Å². The highest BCUT2D eigenvalue weighted by Gasteiger charge is 2.47. The van der Waals surface area contributed by atoms with Gasteiger partial charge in [-0.3, -0.25) is 4.98 Å². The van der Waals surface area contributed by atoms with E-state index in [2.05, 4.69) is 91.6 Å². The van der Waals surface area contributed by atoms with Gasteiger partial charge in [0, 0.05) is 16.8 Å². The highest BCUT2D eigenvalue weighted by molar-refractivity contribution is 9.32. The van der Waals surface area contributed by atoms with Gasteiger partial charge in [0.1, 0.15) is 0 Å². The molecule has 2 heterocycles. The summed E-state index contributed by atoms with van der Waals surface area (Å²) >= 11 is 6.13. The lowest BCUT2D eigenvalue weighted by Crippen LogP contribution is -2.52. The number of fused-ring (bicyclic) bond motifs is 1. The molecule has 0 spiro atoms. The standard InChI is InChI=1S/C18H15BrN2SSi/c19-23(16-9-2-1-3-10-16)21(14-15-8-6-7-13-20-15)17-11-4-5-12-18(17)22-23/h1-13H,14H2. The van der Waals surface area contributed by atoms with Gasteiger partial charge < -0.3 is 4.57 Å². The molecule has 1 aliphatic rings. The number of hydrogen-bond donors (Lipinski definition) is 0. The van der Waals surface area contributed by atoms with Crippen molar-refractivity contribution in [1.29, 1.82) is 0 Å². The van der Waals surface area contributed by atoms with Crippen molar-refractivity contribution in [2.45, 2.75) is 11.4 Å². The molecule has 1 atom stereocenters. The number of pyridine rings is 1. The van der Waals surface area contributed by atoms with Crippen molar-refractivity contribution >= 4 is 43.4 Å². The minimum atomic E-state index is -2.06. The van der Waals surface area contributed by atoms with E-state index in [9.17, 15) is 0 Å². The van der Waals surface area contributed by atoms with Crippen LogP contribution in [-0.2, 0) is 6.54 Å². The Morgan fingerprint density at radius 3 is 2.43 bits per heavy atom. The number of para-hydroxylation sites is 1. The number of rotatable bonds is 3. The van der Waals surface area contributed by atoms with Gasteiger partial charge in [0.25, 0.3) is 0 Å². The second-order valence-electron chi connectivity index (χ2n) is 5.40. The van der Waals surface area contributed by atoms with Gasteiger partial charge in [-0.1, -0.05) is 63.8 Å². The molecule has 0 aliphatic carbocycles. The SMILES string of the molecule is Br[Si]1(c2ccccc2)Sc2ccccc2N1Cc1ccccn1. The molecule has 1 aliphatic heterocycles. The van der Waals surface area contributed by atoms with Crippen LogP contribution in [0.25, 0.3) is 0 Å². The van der Waals surface area contributed by atoms with E-state index in [1.165, 1.54) is 15.8 Å². The quantitative estimate of drug-likeness (QED) is 0.479. The Labute approximate surface area is 148 Å². The molecule has 0 saturated carbocycles. The van der Waals surface area contributed by atoms with E-state index in [0.29, 0.717) is 0 Å². The Balaban J connectivity index is 1.80. The minimum absolute atomic E-state index is 0.817. The molecule has 4 rings (SSSR count). The van der Waals surface area contributed by atoms with Gasteiger partial charge in [0.05, 0.1) is 12.2 Å². The maximum absolute atomic E-state index is 4.52. The first-order valence-electron chi connectivity index (χ1n) is 7.47. The Morgan fingerprint density at radius 2 is 1.65 bits per heavy atom. The van der Waals surface area contributed by atoms with Gasteiger partial charge >= 0.3 is 6.00 Å². The third kappa shape index (κ3) is 2.73. The van der Waals surface area contributed by atoms with Gasteiger partial charge in [-0.2, -0.15) is 0 Å². The van der Waals surface area contributed by atoms with E-state index >= 15 is 0 Å². The molecule has 0 radical (unpaired) electrons. The van der Waals surface area contributed by atoms with Crippen molar-refractivity contribution in [2.24, 2.45) is 0 Å². The predicted octanol–water partition coefficient (Wildman–Crippen LogP) is 4.43. The average Bonchev–Trinajstić information content (AvgIpc) is 2.90. The predicted molar refractivity (Wildman–Crippen MR) is 103 cm³/mol. The lowest BCUT2D eigenvalue weighted by molar-refractivity contribution is 0.963. The molecule has 1 unspecified atom stereocenters. The summed E-state index contributed by atoms with van der Waals surface area (Å²) in [6.07, 6.45) is 1.87. The maximum Gasteiger partial charge on any atom is 0.329 e. The fourth-order valence-corrected chi connectivity index (χ4v) is 11.9. The Morgan fingerprint density at radius 1 is 0.913 bits per heavy atom. The molecule has 2 nitrogen and oxygen atoms in total. The molecule has 5 heteroatoms. The fourth-order valence-electron chi connectivity index (χ4n) is 2.82. The Bertz CT molecular complexity index is 816. The lowest BCUT2D eigenvalue weighted by atomic mass is 10.3. The summed E-state index contributed by atoms with van der Waals surface area (Å²) in [5.41, 5.74) is 2.40. The van der Waals surface area contributed by atoms with Crippen molar-refractivity contribution in [1.82, 2.24) is 4.98 Å². The zero-order valence-electron chi connectivity index (χ0n) is 12.4. The topological polar surface area (TPSA) is 16.1 Å². The van der Waals surface area contributed by atoms with E-state index in [4.69, 9.17) is 0 Å². The van der Waals surface area contributed by atoms with Crippen LogP contribution in [0.1, 0.15) is 5.69 Å².